The van der Waals surface area contributed by atoms with Gasteiger partial charge in [0.25, 0.3) is 0 Å². The van der Waals surface area contributed by atoms with Gasteiger partial charge in [0.05, 0.1) is 12.4 Å². The van der Waals surface area contributed by atoms with Gasteiger partial charge < -0.3 is 14.6 Å². The van der Waals surface area contributed by atoms with Crippen molar-refractivity contribution in [3.63, 3.8) is 0 Å². The van der Waals surface area contributed by atoms with Crippen LogP contribution < -0.4 is 10.1 Å². The van der Waals surface area contributed by atoms with E-state index < -0.39 is 0 Å². The number of carbonyl (C=O) groups excluding carboxylic acids is 1. The van der Waals surface area contributed by atoms with Crippen molar-refractivity contribution >= 4 is 23.4 Å². The highest BCUT2D eigenvalue weighted by molar-refractivity contribution is 8.00. The number of carbonyl (C=O) groups is 1. The largest absolute Gasteiger partial charge is 0.497 e. The minimum atomic E-state index is -0.246. The second-order valence-corrected chi connectivity index (χ2v) is 6.54. The van der Waals surface area contributed by atoms with Gasteiger partial charge in [-0.1, -0.05) is 11.8 Å². The number of benzene rings is 1. The highest BCUT2D eigenvalue weighted by atomic mass is 32.2. The van der Waals surface area contributed by atoms with Crippen LogP contribution in [0.2, 0.25) is 0 Å². The number of aromatic nitrogens is 3. The maximum Gasteiger partial charge on any atom is 0.237 e. The predicted octanol–water partition coefficient (Wildman–Crippen LogP) is 2.74. The zero-order valence-electron chi connectivity index (χ0n) is 12.5. The van der Waals surface area contributed by atoms with Gasteiger partial charge in [-0.3, -0.25) is 4.79 Å². The SMILES string of the molecule is COc1ccc(NC(=O)C(C)Sc2nncn2C2CC2)cc1. The summed E-state index contributed by atoms with van der Waals surface area (Å²) in [6, 6.07) is 7.78. The molecule has 1 heterocycles. The summed E-state index contributed by atoms with van der Waals surface area (Å²) in [6.07, 6.45) is 4.07. The number of nitrogens with zero attached hydrogens (tertiary/aromatic N) is 3. The van der Waals surface area contributed by atoms with E-state index in [1.165, 1.54) is 11.8 Å². The lowest BCUT2D eigenvalue weighted by molar-refractivity contribution is -0.115. The lowest BCUT2D eigenvalue weighted by atomic mass is 10.3. The molecule has 3 rings (SSSR count). The van der Waals surface area contributed by atoms with E-state index in [1.54, 1.807) is 13.4 Å². The zero-order valence-corrected chi connectivity index (χ0v) is 13.3. The molecule has 0 radical (unpaired) electrons. The second kappa shape index (κ2) is 6.39. The summed E-state index contributed by atoms with van der Waals surface area (Å²) < 4.78 is 7.16. The summed E-state index contributed by atoms with van der Waals surface area (Å²) in [6.45, 7) is 1.87. The number of hydrogen-bond acceptors (Lipinski definition) is 5. The first kappa shape index (κ1) is 14.9. The summed E-state index contributed by atoms with van der Waals surface area (Å²) in [5, 5.41) is 11.5. The number of thioether (sulfide) groups is 1. The average Bonchev–Trinajstić information content (AvgIpc) is 3.28. The molecule has 2 aromatic rings. The van der Waals surface area contributed by atoms with Crippen molar-refractivity contribution < 1.29 is 9.53 Å². The molecule has 7 heteroatoms. The van der Waals surface area contributed by atoms with Crippen LogP contribution in [0.5, 0.6) is 5.75 Å². The third-order valence-electron chi connectivity index (χ3n) is 3.49. The molecule has 6 nitrogen and oxygen atoms in total. The Morgan fingerprint density at radius 1 is 1.41 bits per heavy atom. The van der Waals surface area contributed by atoms with Crippen LogP contribution in [-0.2, 0) is 4.79 Å². The normalized spacial score (nSPS) is 15.4. The van der Waals surface area contributed by atoms with Gasteiger partial charge in [-0.15, -0.1) is 10.2 Å². The molecular formula is C15H18N4O2S. The van der Waals surface area contributed by atoms with Gasteiger partial charge in [0.1, 0.15) is 12.1 Å². The van der Waals surface area contributed by atoms with Crippen molar-refractivity contribution in [1.82, 2.24) is 14.8 Å². The number of hydrogen-bond donors (Lipinski definition) is 1. The van der Waals surface area contributed by atoms with Crippen molar-refractivity contribution in [2.45, 2.75) is 36.2 Å². The second-order valence-electron chi connectivity index (χ2n) is 5.23. The molecule has 1 saturated carbocycles. The Kier molecular flexibility index (Phi) is 4.33. The fraction of sp³-hybridized carbons (Fsp3) is 0.400. The quantitative estimate of drug-likeness (QED) is 0.829. The van der Waals surface area contributed by atoms with Crippen LogP contribution in [0.25, 0.3) is 0 Å². The average molecular weight is 318 g/mol. The van der Waals surface area contributed by atoms with Crippen molar-refractivity contribution in [3.8, 4) is 5.75 Å². The molecule has 1 unspecified atom stereocenters. The molecule has 22 heavy (non-hydrogen) atoms. The van der Waals surface area contributed by atoms with Gasteiger partial charge in [-0.25, -0.2) is 0 Å². The van der Waals surface area contributed by atoms with Gasteiger partial charge in [0.2, 0.25) is 5.91 Å². The van der Waals surface area contributed by atoms with E-state index >= 15 is 0 Å². The van der Waals surface area contributed by atoms with Crippen molar-refractivity contribution in [2.24, 2.45) is 0 Å². The molecule has 1 amide bonds. The summed E-state index contributed by atoms with van der Waals surface area (Å²) >= 11 is 1.43. The lowest BCUT2D eigenvalue weighted by Crippen LogP contribution is -2.22. The van der Waals surface area contributed by atoms with Gasteiger partial charge in [-0.2, -0.15) is 0 Å². The lowest BCUT2D eigenvalue weighted by Gasteiger charge is -2.12. The number of anilines is 1. The maximum atomic E-state index is 12.3. The van der Waals surface area contributed by atoms with E-state index in [4.69, 9.17) is 4.74 Å². The highest BCUT2D eigenvalue weighted by Crippen LogP contribution is 2.38. The molecule has 0 aliphatic heterocycles. The third kappa shape index (κ3) is 3.41. The first-order chi connectivity index (χ1) is 10.7. The monoisotopic (exact) mass is 318 g/mol. The van der Waals surface area contributed by atoms with Crippen LogP contribution in [0.3, 0.4) is 0 Å². The van der Waals surface area contributed by atoms with E-state index in [0.717, 1.165) is 29.4 Å². The fourth-order valence-corrected chi connectivity index (χ4v) is 2.94. The first-order valence-corrected chi connectivity index (χ1v) is 8.06. The van der Waals surface area contributed by atoms with Crippen LogP contribution >= 0.6 is 11.8 Å². The van der Waals surface area contributed by atoms with E-state index in [2.05, 4.69) is 20.1 Å². The summed E-state index contributed by atoms with van der Waals surface area (Å²) in [4.78, 5) is 12.3. The van der Waals surface area contributed by atoms with E-state index in [0.29, 0.717) is 6.04 Å². The van der Waals surface area contributed by atoms with Crippen molar-refractivity contribution in [3.05, 3.63) is 30.6 Å². The van der Waals surface area contributed by atoms with Crippen LogP contribution in [0.1, 0.15) is 25.8 Å². The van der Waals surface area contributed by atoms with Crippen molar-refractivity contribution in [2.75, 3.05) is 12.4 Å². The molecule has 1 aromatic heterocycles. The smallest absolute Gasteiger partial charge is 0.237 e. The predicted molar refractivity (Wildman–Crippen MR) is 85.2 cm³/mol. The number of nitrogens with one attached hydrogen (secondary N) is 1. The molecule has 1 aromatic carbocycles. The van der Waals surface area contributed by atoms with Gasteiger partial charge in [0.15, 0.2) is 5.16 Å². The van der Waals surface area contributed by atoms with E-state index in [-0.39, 0.29) is 11.2 Å². The number of ether oxygens (including phenoxy) is 1. The maximum absolute atomic E-state index is 12.3. The molecule has 1 N–H and O–H groups in total. The zero-order chi connectivity index (χ0) is 15.5. The minimum absolute atomic E-state index is 0.0551. The Balaban J connectivity index is 1.60. The van der Waals surface area contributed by atoms with E-state index in [1.807, 2.05) is 31.2 Å². The summed E-state index contributed by atoms with van der Waals surface area (Å²) in [5.41, 5.74) is 0.752. The van der Waals surface area contributed by atoms with Crippen LogP contribution in [0, 0.1) is 0 Å². The highest BCUT2D eigenvalue weighted by Gasteiger charge is 2.27. The molecule has 1 atom stereocenters. The van der Waals surface area contributed by atoms with Gasteiger partial charge >= 0.3 is 0 Å². The third-order valence-corrected chi connectivity index (χ3v) is 4.56. The Morgan fingerprint density at radius 2 is 2.14 bits per heavy atom. The van der Waals surface area contributed by atoms with Gasteiger partial charge in [0, 0.05) is 11.7 Å². The Labute approximate surface area is 133 Å². The topological polar surface area (TPSA) is 69.0 Å². The Morgan fingerprint density at radius 3 is 2.77 bits per heavy atom. The standard InChI is InChI=1S/C15H18N4O2S/c1-10(22-15-18-16-9-19(15)12-5-6-12)14(20)17-11-3-7-13(21-2)8-4-11/h3-4,7-10,12H,5-6H2,1-2H3,(H,17,20). The fourth-order valence-electron chi connectivity index (χ4n) is 2.05. The van der Waals surface area contributed by atoms with Gasteiger partial charge in [-0.05, 0) is 44.0 Å². The van der Waals surface area contributed by atoms with Crippen LogP contribution in [-0.4, -0.2) is 33.0 Å². The molecule has 1 aliphatic rings. The van der Waals surface area contributed by atoms with Crippen LogP contribution in [0.15, 0.2) is 35.7 Å². The Hall–Kier alpha value is -2.02. The number of methoxy groups -OCH3 is 1. The molecule has 1 fully saturated rings. The molecule has 0 saturated heterocycles. The number of rotatable bonds is 6. The summed E-state index contributed by atoms with van der Waals surface area (Å²) in [5.74, 6) is 0.707. The molecule has 0 spiro atoms. The van der Waals surface area contributed by atoms with Crippen molar-refractivity contribution in [1.29, 1.82) is 0 Å². The molecule has 116 valence electrons. The first-order valence-electron chi connectivity index (χ1n) is 7.18. The number of amides is 1. The molecule has 0 bridgehead atoms. The van der Waals surface area contributed by atoms with E-state index in [9.17, 15) is 4.79 Å². The minimum Gasteiger partial charge on any atom is -0.497 e. The molecular weight excluding hydrogens is 300 g/mol. The summed E-state index contributed by atoms with van der Waals surface area (Å²) in [7, 11) is 1.61. The van der Waals surface area contributed by atoms with Crippen LogP contribution in [0.4, 0.5) is 5.69 Å². The Bertz CT molecular complexity index is 652. The molecule has 1 aliphatic carbocycles.